The lowest BCUT2D eigenvalue weighted by atomic mass is 9.97. The minimum Gasteiger partial charge on any atom is -0.0952 e. The molecule has 0 aromatic carbocycles. The van der Waals surface area contributed by atoms with Gasteiger partial charge in [0, 0.05) is 6.42 Å². The quantitative estimate of drug-likeness (QED) is 0.572. The first-order valence-electron chi connectivity index (χ1n) is 4.73. The van der Waals surface area contributed by atoms with Gasteiger partial charge >= 0.3 is 0 Å². The first kappa shape index (κ1) is 9.86. The second-order valence-corrected chi connectivity index (χ2v) is 3.73. The Bertz CT molecular complexity index is 303. The van der Waals surface area contributed by atoms with Crippen molar-refractivity contribution >= 4 is 0 Å². The summed E-state index contributed by atoms with van der Waals surface area (Å²) in [6.07, 6.45) is 8.08. The van der Waals surface area contributed by atoms with Crippen LogP contribution in [0, 0.1) is 17.8 Å². The van der Waals surface area contributed by atoms with Crippen molar-refractivity contribution in [1.82, 2.24) is 0 Å². The van der Waals surface area contributed by atoms with Crippen molar-refractivity contribution in [3.8, 4) is 11.8 Å². The van der Waals surface area contributed by atoms with Gasteiger partial charge in [-0.1, -0.05) is 44.4 Å². The molecule has 0 aromatic heterocycles. The normalized spacial score (nSPS) is 14.5. The Morgan fingerprint density at radius 3 is 3.08 bits per heavy atom. The van der Waals surface area contributed by atoms with E-state index < -0.39 is 0 Å². The predicted octanol–water partition coefficient (Wildman–Crippen LogP) is 3.48. The van der Waals surface area contributed by atoms with Crippen LogP contribution in [0.25, 0.3) is 0 Å². The molecular formula is C13H16. The molecule has 1 aliphatic rings. The molecule has 0 bridgehead atoms. The lowest BCUT2D eigenvalue weighted by molar-refractivity contribution is 0.648. The predicted molar refractivity (Wildman–Crippen MR) is 58.2 cm³/mol. The Balaban J connectivity index is 2.67. The van der Waals surface area contributed by atoms with Crippen LogP contribution < -0.4 is 0 Å². The number of rotatable bonds is 3. The Morgan fingerprint density at radius 2 is 2.38 bits per heavy atom. The van der Waals surface area contributed by atoms with Crippen LogP contribution in [-0.2, 0) is 0 Å². The molecule has 0 aromatic rings. The van der Waals surface area contributed by atoms with Gasteiger partial charge in [-0.3, -0.25) is 0 Å². The molecule has 0 unspecified atom stereocenters. The Labute approximate surface area is 81.0 Å². The fourth-order valence-electron chi connectivity index (χ4n) is 1.31. The Hall–Kier alpha value is -1.22. The van der Waals surface area contributed by atoms with E-state index >= 15 is 0 Å². The molecule has 0 fully saturated rings. The van der Waals surface area contributed by atoms with E-state index in [-0.39, 0.29) is 0 Å². The first-order valence-corrected chi connectivity index (χ1v) is 4.73. The second kappa shape index (κ2) is 4.72. The average Bonchev–Trinajstić information content (AvgIpc) is 2.29. The maximum atomic E-state index is 4.07. The molecule has 0 heterocycles. The van der Waals surface area contributed by atoms with E-state index in [4.69, 9.17) is 0 Å². The molecule has 0 atom stereocenters. The minimum atomic E-state index is 0.665. The van der Waals surface area contributed by atoms with E-state index in [9.17, 15) is 0 Å². The molecule has 0 N–H and O–H groups in total. The van der Waals surface area contributed by atoms with Gasteiger partial charge in [0.2, 0.25) is 0 Å². The van der Waals surface area contributed by atoms with E-state index in [1.165, 1.54) is 11.1 Å². The van der Waals surface area contributed by atoms with Crippen molar-refractivity contribution in [2.45, 2.75) is 26.7 Å². The number of hydrogen-bond acceptors (Lipinski definition) is 0. The molecule has 0 saturated carbocycles. The third kappa shape index (κ3) is 3.34. The summed E-state index contributed by atoms with van der Waals surface area (Å²) < 4.78 is 0. The zero-order valence-electron chi connectivity index (χ0n) is 8.43. The molecule has 0 aliphatic heterocycles. The molecule has 0 saturated heterocycles. The Kier molecular flexibility index (Phi) is 3.58. The smallest absolute Gasteiger partial charge is 0.0276 e. The van der Waals surface area contributed by atoms with E-state index in [2.05, 4.69) is 44.4 Å². The van der Waals surface area contributed by atoms with Gasteiger partial charge in [0.1, 0.15) is 0 Å². The van der Waals surface area contributed by atoms with Gasteiger partial charge in [-0.15, -0.1) is 0 Å². The summed E-state index contributed by atoms with van der Waals surface area (Å²) in [7, 11) is 0. The van der Waals surface area contributed by atoms with E-state index in [0.717, 1.165) is 12.8 Å². The molecular weight excluding hydrogens is 156 g/mol. The van der Waals surface area contributed by atoms with Crippen molar-refractivity contribution in [3.63, 3.8) is 0 Å². The molecule has 0 spiro atoms. The maximum absolute atomic E-state index is 4.07. The standard InChI is InChI=1S/C13H16/c1-11(2)10-12(3)13-8-6-4-5-7-9-13/h6,8-9,11H,3-4,10H2,1-2H3. The maximum Gasteiger partial charge on any atom is 0.0276 e. The highest BCUT2D eigenvalue weighted by Gasteiger charge is 2.02. The van der Waals surface area contributed by atoms with Crippen molar-refractivity contribution in [3.05, 3.63) is 36.0 Å². The van der Waals surface area contributed by atoms with Gasteiger partial charge in [-0.05, 0) is 29.6 Å². The van der Waals surface area contributed by atoms with Crippen LogP contribution in [0.5, 0.6) is 0 Å². The molecule has 1 rings (SSSR count). The lowest BCUT2D eigenvalue weighted by Crippen LogP contribution is -1.92. The average molecular weight is 172 g/mol. The van der Waals surface area contributed by atoms with Gasteiger partial charge in [0.15, 0.2) is 0 Å². The lowest BCUT2D eigenvalue weighted by Gasteiger charge is -2.08. The van der Waals surface area contributed by atoms with Crippen molar-refractivity contribution in [1.29, 1.82) is 0 Å². The molecule has 0 amide bonds. The Morgan fingerprint density at radius 1 is 1.62 bits per heavy atom. The van der Waals surface area contributed by atoms with Crippen LogP contribution in [-0.4, -0.2) is 0 Å². The highest BCUT2D eigenvalue weighted by atomic mass is 14.1. The summed E-state index contributed by atoms with van der Waals surface area (Å²) in [5.41, 5.74) is 2.39. The summed E-state index contributed by atoms with van der Waals surface area (Å²) in [4.78, 5) is 0. The fraction of sp³-hybridized carbons (Fsp3) is 0.385. The van der Waals surface area contributed by atoms with Crippen LogP contribution in [0.3, 0.4) is 0 Å². The number of allylic oxidation sites excluding steroid dienone is 5. The zero-order chi connectivity index (χ0) is 9.68. The van der Waals surface area contributed by atoms with Gasteiger partial charge in [-0.2, -0.15) is 0 Å². The minimum absolute atomic E-state index is 0.665. The largest absolute Gasteiger partial charge is 0.0952 e. The monoisotopic (exact) mass is 172 g/mol. The molecule has 1 aliphatic carbocycles. The first-order chi connectivity index (χ1) is 6.20. The highest BCUT2D eigenvalue weighted by Crippen LogP contribution is 2.18. The second-order valence-electron chi connectivity index (χ2n) is 3.73. The third-order valence-electron chi connectivity index (χ3n) is 1.91. The van der Waals surface area contributed by atoms with E-state index in [1.807, 2.05) is 6.08 Å². The van der Waals surface area contributed by atoms with Crippen molar-refractivity contribution in [2.24, 2.45) is 5.92 Å². The van der Waals surface area contributed by atoms with Crippen LogP contribution in [0.1, 0.15) is 26.7 Å². The van der Waals surface area contributed by atoms with Gasteiger partial charge in [0.25, 0.3) is 0 Å². The number of hydrogen-bond donors (Lipinski definition) is 0. The summed E-state index contributed by atoms with van der Waals surface area (Å²) in [5.74, 6) is 6.71. The topological polar surface area (TPSA) is 0 Å². The molecule has 0 nitrogen and oxygen atoms in total. The summed E-state index contributed by atoms with van der Waals surface area (Å²) in [6, 6.07) is 0. The summed E-state index contributed by atoms with van der Waals surface area (Å²) in [5, 5.41) is 0. The van der Waals surface area contributed by atoms with E-state index in [0.29, 0.717) is 5.92 Å². The van der Waals surface area contributed by atoms with E-state index in [1.54, 1.807) is 0 Å². The van der Waals surface area contributed by atoms with Gasteiger partial charge in [-0.25, -0.2) is 0 Å². The highest BCUT2D eigenvalue weighted by molar-refractivity contribution is 5.44. The van der Waals surface area contributed by atoms with Crippen LogP contribution in [0.2, 0.25) is 0 Å². The van der Waals surface area contributed by atoms with Crippen molar-refractivity contribution < 1.29 is 0 Å². The third-order valence-corrected chi connectivity index (χ3v) is 1.91. The molecule has 68 valence electrons. The van der Waals surface area contributed by atoms with Crippen molar-refractivity contribution in [2.75, 3.05) is 0 Å². The van der Waals surface area contributed by atoms with Crippen LogP contribution in [0.4, 0.5) is 0 Å². The molecule has 0 heteroatoms. The van der Waals surface area contributed by atoms with Gasteiger partial charge in [0.05, 0.1) is 0 Å². The van der Waals surface area contributed by atoms with Gasteiger partial charge < -0.3 is 0 Å². The zero-order valence-corrected chi connectivity index (χ0v) is 8.43. The van der Waals surface area contributed by atoms with Crippen LogP contribution >= 0.6 is 0 Å². The molecule has 13 heavy (non-hydrogen) atoms. The molecule has 0 radical (unpaired) electrons. The fourth-order valence-corrected chi connectivity index (χ4v) is 1.31. The van der Waals surface area contributed by atoms with Crippen LogP contribution in [0.15, 0.2) is 36.0 Å². The summed E-state index contributed by atoms with van der Waals surface area (Å²) in [6.45, 7) is 8.49. The SMILES string of the molecule is C=C(CC(C)C)C1=CC#CCC=C1. The summed E-state index contributed by atoms with van der Waals surface area (Å²) >= 11 is 0.